The van der Waals surface area contributed by atoms with Crippen molar-refractivity contribution in [2.24, 2.45) is 0 Å². The summed E-state index contributed by atoms with van der Waals surface area (Å²) in [6.45, 7) is 4.71. The highest BCUT2D eigenvalue weighted by atomic mass is 15.1. The molecule has 0 atom stereocenters. The lowest BCUT2D eigenvalue weighted by Gasteiger charge is -2.37. The summed E-state index contributed by atoms with van der Waals surface area (Å²) in [5.74, 6) is 0. The van der Waals surface area contributed by atoms with E-state index in [9.17, 15) is 0 Å². The van der Waals surface area contributed by atoms with Crippen LogP contribution < -0.4 is 4.90 Å². The highest BCUT2D eigenvalue weighted by Gasteiger charge is 2.36. The lowest BCUT2D eigenvalue weighted by Crippen LogP contribution is -2.29. The number of fused-ring (bicyclic) bond motifs is 3. The lowest BCUT2D eigenvalue weighted by molar-refractivity contribution is 0.366. The van der Waals surface area contributed by atoms with Gasteiger partial charge in [0.15, 0.2) is 0 Å². The summed E-state index contributed by atoms with van der Waals surface area (Å²) < 4.78 is 0. The van der Waals surface area contributed by atoms with E-state index in [1.54, 1.807) is 0 Å². The largest absolute Gasteiger partial charge is 0.310 e. The Morgan fingerprint density at radius 3 is 1.60 bits per heavy atom. The fourth-order valence-corrected chi connectivity index (χ4v) is 8.67. The maximum absolute atomic E-state index is 2.44. The Hall–Kier alpha value is -4.88. The summed E-state index contributed by atoms with van der Waals surface area (Å²) in [7, 11) is 0. The minimum absolute atomic E-state index is 0.0163. The Morgan fingerprint density at radius 1 is 0.417 bits per heavy atom. The molecule has 0 radical (unpaired) electrons. The number of rotatable bonds is 6. The number of hydrogen-bond acceptors (Lipinski definition) is 1. The van der Waals surface area contributed by atoms with Gasteiger partial charge < -0.3 is 4.90 Å². The number of benzene rings is 6. The zero-order chi connectivity index (χ0) is 32.6. The number of hydrogen-bond donors (Lipinski definition) is 0. The number of anilines is 3. The average molecular weight is 624 g/mol. The third kappa shape index (κ3) is 5.36. The first-order valence-corrected chi connectivity index (χ1v) is 17.9. The molecule has 0 bridgehead atoms. The van der Waals surface area contributed by atoms with E-state index in [-0.39, 0.29) is 10.8 Å². The zero-order valence-electron chi connectivity index (χ0n) is 28.3. The van der Waals surface area contributed by atoms with Crippen molar-refractivity contribution in [1.29, 1.82) is 0 Å². The molecule has 2 aliphatic carbocycles. The molecule has 0 aliphatic heterocycles. The maximum atomic E-state index is 2.44. The van der Waals surface area contributed by atoms with Crippen molar-refractivity contribution in [3.63, 3.8) is 0 Å². The third-order valence-corrected chi connectivity index (χ3v) is 11.3. The Morgan fingerprint density at radius 2 is 0.917 bits per heavy atom. The molecule has 0 aromatic heterocycles. The molecule has 6 aromatic carbocycles. The van der Waals surface area contributed by atoms with Gasteiger partial charge in [0, 0.05) is 27.9 Å². The lowest BCUT2D eigenvalue weighted by atomic mass is 9.67. The van der Waals surface area contributed by atoms with Gasteiger partial charge >= 0.3 is 0 Å². The fraction of sp³-hybridized carbons (Fsp3) is 0.234. The Bertz CT molecular complexity index is 2000. The van der Waals surface area contributed by atoms with Crippen LogP contribution in [-0.2, 0) is 10.8 Å². The van der Waals surface area contributed by atoms with E-state index in [1.165, 1.54) is 101 Å². The van der Waals surface area contributed by atoms with Crippen LogP contribution in [0.1, 0.15) is 81.0 Å². The van der Waals surface area contributed by atoms with Crippen LogP contribution in [-0.4, -0.2) is 0 Å². The number of nitrogens with zero attached hydrogens (tertiary/aromatic N) is 1. The Labute approximate surface area is 286 Å². The van der Waals surface area contributed by atoms with Crippen molar-refractivity contribution in [1.82, 2.24) is 0 Å². The first-order valence-electron chi connectivity index (χ1n) is 17.9. The van der Waals surface area contributed by atoms with Crippen LogP contribution in [0.2, 0.25) is 0 Å². The third-order valence-electron chi connectivity index (χ3n) is 11.3. The molecule has 0 spiro atoms. The molecule has 1 nitrogen and oxygen atoms in total. The van der Waals surface area contributed by atoms with E-state index in [0.717, 1.165) is 5.69 Å². The minimum Gasteiger partial charge on any atom is -0.310 e. The summed E-state index contributed by atoms with van der Waals surface area (Å²) in [5, 5.41) is 0. The Balaban J connectivity index is 1.24. The van der Waals surface area contributed by atoms with Crippen molar-refractivity contribution < 1.29 is 0 Å². The second kappa shape index (κ2) is 12.6. The molecule has 1 saturated carbocycles. The van der Waals surface area contributed by atoms with Gasteiger partial charge in [-0.1, -0.05) is 161 Å². The summed E-state index contributed by atoms with van der Waals surface area (Å²) in [5.41, 5.74) is 14.5. The fourth-order valence-electron chi connectivity index (χ4n) is 8.67. The molecule has 6 aromatic rings. The summed E-state index contributed by atoms with van der Waals surface area (Å²) in [6, 6.07) is 56.7. The predicted molar refractivity (Wildman–Crippen MR) is 204 cm³/mol. The van der Waals surface area contributed by atoms with E-state index in [4.69, 9.17) is 0 Å². The topological polar surface area (TPSA) is 3.24 Å². The van der Waals surface area contributed by atoms with Crippen molar-refractivity contribution in [2.45, 2.75) is 69.6 Å². The standard InChI is InChI=1S/C47H45N/c1-46(2)44-21-13-12-20-42(44)43-34-41(30-31-45(43)46)48(39-26-22-36(23-27-39)35-16-8-6-9-17-35)40-28-24-38(25-29-40)47(37-18-10-7-11-19-37)32-14-4-3-5-15-33-47/h6-13,16-31,34H,3-5,14-15,32-33H2,1-2H3. The second-order valence-corrected chi connectivity index (χ2v) is 14.4. The van der Waals surface area contributed by atoms with E-state index >= 15 is 0 Å². The molecule has 8 rings (SSSR count). The van der Waals surface area contributed by atoms with Crippen LogP contribution in [0.4, 0.5) is 17.1 Å². The van der Waals surface area contributed by atoms with Gasteiger partial charge in [0.2, 0.25) is 0 Å². The molecule has 48 heavy (non-hydrogen) atoms. The van der Waals surface area contributed by atoms with Crippen LogP contribution in [0.5, 0.6) is 0 Å². The van der Waals surface area contributed by atoms with Gasteiger partial charge in [-0.25, -0.2) is 0 Å². The summed E-state index contributed by atoms with van der Waals surface area (Å²) >= 11 is 0. The van der Waals surface area contributed by atoms with Gasteiger partial charge in [-0.3, -0.25) is 0 Å². The van der Waals surface area contributed by atoms with Gasteiger partial charge in [-0.05, 0) is 93.7 Å². The van der Waals surface area contributed by atoms with E-state index in [2.05, 4.69) is 170 Å². The first-order chi connectivity index (χ1) is 23.5. The minimum atomic E-state index is -0.0163. The van der Waals surface area contributed by atoms with Gasteiger partial charge in [-0.2, -0.15) is 0 Å². The van der Waals surface area contributed by atoms with Crippen LogP contribution in [0.15, 0.2) is 152 Å². The first kappa shape index (κ1) is 30.5. The molecule has 0 heterocycles. The molecule has 0 amide bonds. The van der Waals surface area contributed by atoms with E-state index < -0.39 is 0 Å². The molecule has 1 fully saturated rings. The quantitative estimate of drug-likeness (QED) is 0.178. The average Bonchev–Trinajstić information content (AvgIpc) is 3.36. The van der Waals surface area contributed by atoms with Crippen LogP contribution in [0, 0.1) is 0 Å². The smallest absolute Gasteiger partial charge is 0.0468 e. The normalized spacial score (nSPS) is 16.3. The molecule has 238 valence electrons. The van der Waals surface area contributed by atoms with Crippen LogP contribution >= 0.6 is 0 Å². The summed E-state index contributed by atoms with van der Waals surface area (Å²) in [4.78, 5) is 2.44. The van der Waals surface area contributed by atoms with Crippen molar-refractivity contribution in [3.05, 3.63) is 174 Å². The van der Waals surface area contributed by atoms with Gasteiger partial charge in [0.1, 0.15) is 0 Å². The highest BCUT2D eigenvalue weighted by molar-refractivity contribution is 5.87. The molecule has 0 N–H and O–H groups in total. The van der Waals surface area contributed by atoms with Crippen LogP contribution in [0.3, 0.4) is 0 Å². The van der Waals surface area contributed by atoms with Crippen molar-refractivity contribution >= 4 is 17.1 Å². The van der Waals surface area contributed by atoms with Crippen LogP contribution in [0.25, 0.3) is 22.3 Å². The maximum Gasteiger partial charge on any atom is 0.0468 e. The molecular weight excluding hydrogens is 579 g/mol. The van der Waals surface area contributed by atoms with Gasteiger partial charge in [-0.15, -0.1) is 0 Å². The summed E-state index contributed by atoms with van der Waals surface area (Å²) in [6.07, 6.45) is 9.01. The zero-order valence-corrected chi connectivity index (χ0v) is 28.3. The van der Waals surface area contributed by atoms with Gasteiger partial charge in [0.25, 0.3) is 0 Å². The molecule has 0 unspecified atom stereocenters. The van der Waals surface area contributed by atoms with E-state index in [0.29, 0.717) is 0 Å². The van der Waals surface area contributed by atoms with Crippen molar-refractivity contribution in [3.8, 4) is 22.3 Å². The molecular formula is C47H45N. The second-order valence-electron chi connectivity index (χ2n) is 14.4. The monoisotopic (exact) mass is 623 g/mol. The molecule has 1 heteroatoms. The molecule has 0 saturated heterocycles. The van der Waals surface area contributed by atoms with Gasteiger partial charge in [0.05, 0.1) is 0 Å². The molecule has 2 aliphatic rings. The predicted octanol–water partition coefficient (Wildman–Crippen LogP) is 13.2. The highest BCUT2D eigenvalue weighted by Crippen LogP contribution is 2.51. The van der Waals surface area contributed by atoms with E-state index in [1.807, 2.05) is 0 Å². The SMILES string of the molecule is CC1(C)c2ccccc2-c2cc(N(c3ccc(-c4ccccc4)cc3)c3ccc(C4(c5ccccc5)CCCCCCC4)cc3)ccc21. The van der Waals surface area contributed by atoms with Crippen molar-refractivity contribution in [2.75, 3.05) is 4.90 Å². The Kier molecular flexibility index (Phi) is 8.01.